The van der Waals surface area contributed by atoms with Crippen molar-refractivity contribution in [1.82, 2.24) is 9.62 Å². The van der Waals surface area contributed by atoms with Crippen molar-refractivity contribution in [3.05, 3.63) is 0 Å². The van der Waals surface area contributed by atoms with E-state index < -0.39 is 16.4 Å². The Hall–Kier alpha value is -0.210. The van der Waals surface area contributed by atoms with Crippen molar-refractivity contribution in [2.75, 3.05) is 19.6 Å². The number of piperazine rings is 1. The number of hydrogen-bond acceptors (Lipinski definition) is 4. The average molecular weight is 210 g/mol. The largest absolute Gasteiger partial charge is 0.392 e. The molecule has 7 heteroatoms. The third-order valence-electron chi connectivity index (χ3n) is 2.08. The standard InChI is InChI=1S/C6H14N2O4S/c1-5(9)6-4-8(3-2-7-6)13(10,11)12/h5-7,9H,2-4H2,1H3,(H,10,11,12). The summed E-state index contributed by atoms with van der Waals surface area (Å²) >= 11 is 0. The number of nitrogens with one attached hydrogen (secondary N) is 1. The molecule has 1 saturated heterocycles. The van der Waals surface area contributed by atoms with Crippen molar-refractivity contribution < 1.29 is 18.1 Å². The van der Waals surface area contributed by atoms with Crippen LogP contribution in [-0.4, -0.2) is 54.2 Å². The third kappa shape index (κ3) is 2.89. The van der Waals surface area contributed by atoms with Gasteiger partial charge in [0.1, 0.15) is 0 Å². The molecule has 1 aliphatic heterocycles. The zero-order valence-corrected chi connectivity index (χ0v) is 8.16. The lowest BCUT2D eigenvalue weighted by molar-refractivity contribution is 0.115. The van der Waals surface area contributed by atoms with Gasteiger partial charge in [0.2, 0.25) is 0 Å². The molecule has 1 heterocycles. The van der Waals surface area contributed by atoms with E-state index >= 15 is 0 Å². The first-order chi connectivity index (χ1) is 5.91. The summed E-state index contributed by atoms with van der Waals surface area (Å²) in [5, 5.41) is 12.1. The van der Waals surface area contributed by atoms with Crippen molar-refractivity contribution in [2.45, 2.75) is 19.1 Å². The molecule has 78 valence electrons. The van der Waals surface area contributed by atoms with E-state index in [1.807, 2.05) is 0 Å². The average Bonchev–Trinajstić information content (AvgIpc) is 2.03. The lowest BCUT2D eigenvalue weighted by Gasteiger charge is -2.32. The zero-order valence-electron chi connectivity index (χ0n) is 7.34. The molecule has 3 N–H and O–H groups in total. The number of nitrogens with zero attached hydrogens (tertiary/aromatic N) is 1. The fourth-order valence-corrected chi connectivity index (χ4v) is 1.95. The van der Waals surface area contributed by atoms with Gasteiger partial charge in [-0.2, -0.15) is 12.7 Å². The van der Waals surface area contributed by atoms with Crippen LogP contribution in [0.4, 0.5) is 0 Å². The van der Waals surface area contributed by atoms with Gasteiger partial charge in [0.25, 0.3) is 0 Å². The summed E-state index contributed by atoms with van der Waals surface area (Å²) in [6.45, 7) is 2.36. The van der Waals surface area contributed by atoms with Crippen LogP contribution >= 0.6 is 0 Å². The maximum atomic E-state index is 10.7. The highest BCUT2D eigenvalue weighted by molar-refractivity contribution is 7.83. The van der Waals surface area contributed by atoms with Gasteiger partial charge in [-0.25, -0.2) is 0 Å². The van der Waals surface area contributed by atoms with Crippen molar-refractivity contribution in [1.29, 1.82) is 0 Å². The van der Waals surface area contributed by atoms with Gasteiger partial charge in [0, 0.05) is 25.7 Å². The topological polar surface area (TPSA) is 89.9 Å². The Kier molecular flexibility index (Phi) is 3.25. The van der Waals surface area contributed by atoms with Gasteiger partial charge in [-0.15, -0.1) is 0 Å². The van der Waals surface area contributed by atoms with Crippen LogP contribution in [0.15, 0.2) is 0 Å². The lowest BCUT2D eigenvalue weighted by Crippen LogP contribution is -2.56. The van der Waals surface area contributed by atoms with Crippen LogP contribution in [-0.2, 0) is 10.3 Å². The highest BCUT2D eigenvalue weighted by Gasteiger charge is 2.28. The molecule has 0 aromatic rings. The summed E-state index contributed by atoms with van der Waals surface area (Å²) < 4.78 is 31.1. The Bertz CT molecular complexity index is 264. The zero-order chi connectivity index (χ0) is 10.1. The van der Waals surface area contributed by atoms with Gasteiger partial charge >= 0.3 is 10.3 Å². The molecule has 1 rings (SSSR count). The first-order valence-electron chi connectivity index (χ1n) is 4.05. The van der Waals surface area contributed by atoms with Crippen molar-refractivity contribution in [3.8, 4) is 0 Å². The van der Waals surface area contributed by atoms with E-state index in [1.165, 1.54) is 0 Å². The monoisotopic (exact) mass is 210 g/mol. The molecule has 0 aliphatic carbocycles. The molecular weight excluding hydrogens is 196 g/mol. The normalized spacial score (nSPS) is 28.7. The molecule has 13 heavy (non-hydrogen) atoms. The molecule has 1 aliphatic rings. The van der Waals surface area contributed by atoms with E-state index in [0.29, 0.717) is 6.54 Å². The van der Waals surface area contributed by atoms with Crippen LogP contribution in [0.25, 0.3) is 0 Å². The lowest BCUT2D eigenvalue weighted by atomic mass is 10.1. The quantitative estimate of drug-likeness (QED) is 0.480. The molecule has 2 atom stereocenters. The van der Waals surface area contributed by atoms with E-state index in [4.69, 9.17) is 4.55 Å². The fourth-order valence-electron chi connectivity index (χ4n) is 1.28. The molecule has 1 fully saturated rings. The minimum absolute atomic E-state index is 0.108. The van der Waals surface area contributed by atoms with E-state index in [0.717, 1.165) is 4.31 Å². The van der Waals surface area contributed by atoms with E-state index in [1.54, 1.807) is 6.92 Å². The smallest absolute Gasteiger partial charge is 0.336 e. The van der Waals surface area contributed by atoms with Crippen molar-refractivity contribution in [3.63, 3.8) is 0 Å². The SMILES string of the molecule is CC(O)C1CN(S(=O)(=O)O)CCN1. The maximum Gasteiger partial charge on any atom is 0.336 e. The summed E-state index contributed by atoms with van der Waals surface area (Å²) in [4.78, 5) is 0. The molecule has 0 radical (unpaired) electrons. The predicted molar refractivity (Wildman–Crippen MR) is 46.6 cm³/mol. The number of rotatable bonds is 2. The van der Waals surface area contributed by atoms with Crippen molar-refractivity contribution >= 4 is 10.3 Å². The summed E-state index contributed by atoms with van der Waals surface area (Å²) in [5.41, 5.74) is 0. The fraction of sp³-hybridized carbons (Fsp3) is 1.00. The Morgan fingerprint density at radius 3 is 2.69 bits per heavy atom. The maximum absolute atomic E-state index is 10.7. The molecule has 0 spiro atoms. The molecule has 0 amide bonds. The number of aliphatic hydroxyl groups is 1. The van der Waals surface area contributed by atoms with Gasteiger partial charge in [-0.05, 0) is 6.92 Å². The predicted octanol–water partition coefficient (Wildman–Crippen LogP) is -1.56. The van der Waals surface area contributed by atoms with Gasteiger partial charge in [-0.3, -0.25) is 4.55 Å². The van der Waals surface area contributed by atoms with E-state index in [2.05, 4.69) is 5.32 Å². The molecule has 0 saturated carbocycles. The Labute approximate surface area is 77.4 Å². The van der Waals surface area contributed by atoms with Crippen LogP contribution in [0.3, 0.4) is 0 Å². The van der Waals surface area contributed by atoms with Crippen LogP contribution in [0.1, 0.15) is 6.92 Å². The number of hydrogen-bond donors (Lipinski definition) is 3. The highest BCUT2D eigenvalue weighted by atomic mass is 32.2. The second-order valence-corrected chi connectivity index (χ2v) is 4.55. The van der Waals surface area contributed by atoms with Crippen LogP contribution < -0.4 is 5.32 Å². The molecule has 0 aromatic carbocycles. The van der Waals surface area contributed by atoms with Gasteiger partial charge in [-0.1, -0.05) is 0 Å². The first kappa shape index (κ1) is 10.9. The molecule has 6 nitrogen and oxygen atoms in total. The molecule has 0 aromatic heterocycles. The van der Waals surface area contributed by atoms with Crippen LogP contribution in [0, 0.1) is 0 Å². The van der Waals surface area contributed by atoms with Crippen LogP contribution in [0.2, 0.25) is 0 Å². The van der Waals surface area contributed by atoms with Gasteiger partial charge < -0.3 is 10.4 Å². The summed E-state index contributed by atoms with van der Waals surface area (Å²) in [6.07, 6.45) is -0.635. The third-order valence-corrected chi connectivity index (χ3v) is 3.06. The second-order valence-electron chi connectivity index (χ2n) is 3.14. The second kappa shape index (κ2) is 3.89. The van der Waals surface area contributed by atoms with E-state index in [9.17, 15) is 13.5 Å². The highest BCUT2D eigenvalue weighted by Crippen LogP contribution is 2.06. The van der Waals surface area contributed by atoms with Gasteiger partial charge in [0.05, 0.1) is 6.10 Å². The summed E-state index contributed by atoms with van der Waals surface area (Å²) in [6, 6.07) is -0.310. The van der Waals surface area contributed by atoms with Gasteiger partial charge in [0.15, 0.2) is 0 Å². The molecule has 0 bridgehead atoms. The minimum atomic E-state index is -4.11. The molecule has 2 unspecified atom stereocenters. The Morgan fingerprint density at radius 1 is 1.62 bits per heavy atom. The summed E-state index contributed by atoms with van der Waals surface area (Å²) in [7, 11) is -4.11. The summed E-state index contributed by atoms with van der Waals surface area (Å²) in [5.74, 6) is 0. The Balaban J connectivity index is 2.62. The first-order valence-corrected chi connectivity index (χ1v) is 5.45. The Morgan fingerprint density at radius 2 is 2.23 bits per heavy atom. The van der Waals surface area contributed by atoms with Crippen LogP contribution in [0.5, 0.6) is 0 Å². The number of aliphatic hydroxyl groups excluding tert-OH is 1. The minimum Gasteiger partial charge on any atom is -0.392 e. The molecular formula is C6H14N2O4S. The van der Waals surface area contributed by atoms with Crippen molar-refractivity contribution in [2.24, 2.45) is 0 Å². The van der Waals surface area contributed by atoms with E-state index in [-0.39, 0.29) is 19.1 Å².